The fraction of sp³-hybridized carbons (Fsp3) is 0.538. The summed E-state index contributed by atoms with van der Waals surface area (Å²) < 4.78 is 29.0. The molecule has 1 N–H and O–H groups in total. The zero-order valence-corrected chi connectivity index (χ0v) is 11.4. The average molecular weight is 270 g/mol. The molecule has 1 aliphatic heterocycles. The van der Waals surface area contributed by atoms with E-state index < -0.39 is 15.9 Å². The predicted octanol–water partition coefficient (Wildman–Crippen LogP) is 1.69. The molecular weight excluding hydrogens is 252 g/mol. The second kappa shape index (κ2) is 4.99. The van der Waals surface area contributed by atoms with Crippen LogP contribution in [0.3, 0.4) is 0 Å². The van der Waals surface area contributed by atoms with Crippen LogP contribution in [0.2, 0.25) is 0 Å². The minimum absolute atomic E-state index is 0.120. The molecule has 100 valence electrons. The van der Waals surface area contributed by atoms with Crippen LogP contribution in [-0.2, 0) is 14.6 Å². The van der Waals surface area contributed by atoms with E-state index in [-0.39, 0.29) is 17.1 Å². The van der Waals surface area contributed by atoms with Gasteiger partial charge in [-0.05, 0) is 25.8 Å². The van der Waals surface area contributed by atoms with E-state index in [0.717, 1.165) is 19.1 Å². The molecule has 2 rings (SSSR count). The van der Waals surface area contributed by atoms with Crippen molar-refractivity contribution >= 4 is 9.84 Å². The molecular formula is C13H18O4S. The Hall–Kier alpha value is -0.910. The molecule has 1 heterocycles. The lowest BCUT2D eigenvalue weighted by Gasteiger charge is -2.20. The summed E-state index contributed by atoms with van der Waals surface area (Å²) in [6.45, 7) is 1.95. The summed E-state index contributed by atoms with van der Waals surface area (Å²) in [6, 6.07) is 6.55. The van der Waals surface area contributed by atoms with Crippen LogP contribution in [0.15, 0.2) is 29.2 Å². The van der Waals surface area contributed by atoms with Crippen molar-refractivity contribution in [1.29, 1.82) is 0 Å². The van der Waals surface area contributed by atoms with Crippen LogP contribution in [0.25, 0.3) is 0 Å². The van der Waals surface area contributed by atoms with Crippen molar-refractivity contribution in [2.75, 3.05) is 6.26 Å². The third kappa shape index (κ3) is 2.74. The van der Waals surface area contributed by atoms with Crippen molar-refractivity contribution in [2.45, 2.75) is 43.0 Å². The van der Waals surface area contributed by atoms with Crippen LogP contribution in [-0.4, -0.2) is 32.0 Å². The molecule has 3 atom stereocenters. The van der Waals surface area contributed by atoms with E-state index in [1.54, 1.807) is 18.2 Å². The van der Waals surface area contributed by atoms with E-state index in [2.05, 4.69) is 0 Å². The topological polar surface area (TPSA) is 63.6 Å². The molecule has 1 aromatic carbocycles. The minimum Gasteiger partial charge on any atom is -0.386 e. The molecule has 0 aliphatic carbocycles. The molecule has 0 radical (unpaired) electrons. The Morgan fingerprint density at radius 3 is 2.56 bits per heavy atom. The van der Waals surface area contributed by atoms with Crippen LogP contribution in [0, 0.1) is 0 Å². The Morgan fingerprint density at radius 1 is 1.33 bits per heavy atom. The van der Waals surface area contributed by atoms with Crippen molar-refractivity contribution in [3.63, 3.8) is 0 Å². The highest BCUT2D eigenvalue weighted by Crippen LogP contribution is 2.32. The maximum absolute atomic E-state index is 11.7. The molecule has 0 bridgehead atoms. The second-order valence-corrected chi connectivity index (χ2v) is 6.80. The van der Waals surface area contributed by atoms with Gasteiger partial charge in [-0.3, -0.25) is 0 Å². The summed E-state index contributed by atoms with van der Waals surface area (Å²) in [7, 11) is -3.34. The van der Waals surface area contributed by atoms with Crippen LogP contribution < -0.4 is 0 Å². The van der Waals surface area contributed by atoms with Gasteiger partial charge in [-0.25, -0.2) is 8.42 Å². The van der Waals surface area contributed by atoms with Crippen molar-refractivity contribution in [3.8, 4) is 0 Å². The Balaban J connectivity index is 2.33. The third-order valence-corrected chi connectivity index (χ3v) is 4.42. The van der Waals surface area contributed by atoms with Gasteiger partial charge in [-0.2, -0.15) is 0 Å². The smallest absolute Gasteiger partial charge is 0.175 e. The van der Waals surface area contributed by atoms with Crippen molar-refractivity contribution in [1.82, 2.24) is 0 Å². The molecule has 5 heteroatoms. The van der Waals surface area contributed by atoms with Gasteiger partial charge in [0.05, 0.1) is 17.1 Å². The molecule has 1 saturated heterocycles. The minimum atomic E-state index is -3.34. The molecule has 0 spiro atoms. The molecule has 4 nitrogen and oxygen atoms in total. The molecule has 0 saturated carbocycles. The lowest BCUT2D eigenvalue weighted by molar-refractivity contribution is -0.0308. The first kappa shape index (κ1) is 13.5. The number of ether oxygens (including phenoxy) is 1. The summed E-state index contributed by atoms with van der Waals surface area (Å²) in [6.07, 6.45) is 1.71. The summed E-state index contributed by atoms with van der Waals surface area (Å²) in [5.41, 5.74) is 0.430. The third-order valence-electron chi connectivity index (χ3n) is 3.25. The number of rotatable bonds is 3. The van der Waals surface area contributed by atoms with E-state index in [0.29, 0.717) is 5.56 Å². The number of hydrogen-bond donors (Lipinski definition) is 1. The molecule has 3 unspecified atom stereocenters. The Bertz CT molecular complexity index is 524. The molecule has 1 fully saturated rings. The normalized spacial score (nSPS) is 26.2. The maximum atomic E-state index is 11.7. The lowest BCUT2D eigenvalue weighted by Crippen LogP contribution is -2.20. The fourth-order valence-electron chi connectivity index (χ4n) is 2.33. The first-order valence-corrected chi connectivity index (χ1v) is 7.91. The number of aliphatic hydroxyl groups excluding tert-OH is 1. The summed E-state index contributed by atoms with van der Waals surface area (Å²) in [5.74, 6) is 0. The molecule has 18 heavy (non-hydrogen) atoms. The maximum Gasteiger partial charge on any atom is 0.175 e. The molecule has 1 aliphatic rings. The van der Waals surface area contributed by atoms with Crippen LogP contribution in [0.4, 0.5) is 0 Å². The van der Waals surface area contributed by atoms with E-state index in [4.69, 9.17) is 4.74 Å². The van der Waals surface area contributed by atoms with Crippen LogP contribution in [0.1, 0.15) is 31.4 Å². The highest BCUT2D eigenvalue weighted by atomic mass is 32.2. The van der Waals surface area contributed by atoms with Crippen molar-refractivity contribution in [3.05, 3.63) is 29.8 Å². The zero-order chi connectivity index (χ0) is 13.3. The van der Waals surface area contributed by atoms with Gasteiger partial charge >= 0.3 is 0 Å². The van der Waals surface area contributed by atoms with Gasteiger partial charge in [0.25, 0.3) is 0 Å². The van der Waals surface area contributed by atoms with E-state index >= 15 is 0 Å². The van der Waals surface area contributed by atoms with E-state index in [1.165, 1.54) is 6.07 Å². The van der Waals surface area contributed by atoms with Gasteiger partial charge in [-0.1, -0.05) is 18.2 Å². The van der Waals surface area contributed by atoms with Gasteiger partial charge in [-0.15, -0.1) is 0 Å². The SMILES string of the molecule is CC1CCC(C(O)c2ccccc2S(C)(=O)=O)O1. The first-order valence-electron chi connectivity index (χ1n) is 6.02. The highest BCUT2D eigenvalue weighted by Gasteiger charge is 2.31. The van der Waals surface area contributed by atoms with Crippen molar-refractivity contribution < 1.29 is 18.3 Å². The largest absolute Gasteiger partial charge is 0.386 e. The summed E-state index contributed by atoms with van der Waals surface area (Å²) in [5, 5.41) is 10.3. The Morgan fingerprint density at radius 2 is 2.00 bits per heavy atom. The standard InChI is InChI=1S/C13H18O4S/c1-9-7-8-11(17-9)13(14)10-5-3-4-6-12(10)18(2,15)16/h3-6,9,11,13-14H,7-8H2,1-2H3. The summed E-state index contributed by atoms with van der Waals surface area (Å²) in [4.78, 5) is 0.181. The summed E-state index contributed by atoms with van der Waals surface area (Å²) >= 11 is 0. The average Bonchev–Trinajstić information content (AvgIpc) is 2.74. The fourth-order valence-corrected chi connectivity index (χ4v) is 3.27. The second-order valence-electron chi connectivity index (χ2n) is 4.82. The van der Waals surface area contributed by atoms with Gasteiger partial charge < -0.3 is 9.84 Å². The predicted molar refractivity (Wildman–Crippen MR) is 68.1 cm³/mol. The van der Waals surface area contributed by atoms with Gasteiger partial charge in [0.15, 0.2) is 9.84 Å². The van der Waals surface area contributed by atoms with Gasteiger partial charge in [0.2, 0.25) is 0 Å². The number of hydrogen-bond acceptors (Lipinski definition) is 4. The molecule has 0 aromatic heterocycles. The quantitative estimate of drug-likeness (QED) is 0.908. The zero-order valence-electron chi connectivity index (χ0n) is 10.5. The lowest BCUT2D eigenvalue weighted by atomic mass is 10.0. The number of aliphatic hydroxyl groups is 1. The van der Waals surface area contributed by atoms with Gasteiger partial charge in [0, 0.05) is 11.8 Å². The molecule has 0 amide bonds. The van der Waals surface area contributed by atoms with Gasteiger partial charge in [0.1, 0.15) is 6.10 Å². The number of benzene rings is 1. The molecule has 1 aromatic rings. The van der Waals surface area contributed by atoms with Crippen molar-refractivity contribution in [2.24, 2.45) is 0 Å². The highest BCUT2D eigenvalue weighted by molar-refractivity contribution is 7.90. The Labute approximate surface area is 108 Å². The van der Waals surface area contributed by atoms with E-state index in [1.807, 2.05) is 6.92 Å². The Kier molecular flexibility index (Phi) is 3.75. The number of sulfone groups is 1. The van der Waals surface area contributed by atoms with Crippen LogP contribution >= 0.6 is 0 Å². The monoisotopic (exact) mass is 270 g/mol. The first-order chi connectivity index (χ1) is 8.39. The van der Waals surface area contributed by atoms with Crippen LogP contribution in [0.5, 0.6) is 0 Å². The van der Waals surface area contributed by atoms with E-state index in [9.17, 15) is 13.5 Å².